The molecular formula is C19H23NO3. The predicted octanol–water partition coefficient (Wildman–Crippen LogP) is 3.80. The number of nitrogens with one attached hydrogen (secondary N) is 1. The summed E-state index contributed by atoms with van der Waals surface area (Å²) in [5, 5.41) is 2.92. The average Bonchev–Trinajstić information content (AvgIpc) is 2.52. The molecule has 2 aromatic carbocycles. The Morgan fingerprint density at radius 2 is 1.83 bits per heavy atom. The summed E-state index contributed by atoms with van der Waals surface area (Å²) in [4.78, 5) is 12.3. The van der Waals surface area contributed by atoms with Crippen LogP contribution in [0.25, 0.3) is 0 Å². The molecule has 4 nitrogen and oxygen atoms in total. The molecule has 0 aromatic heterocycles. The molecule has 122 valence electrons. The zero-order chi connectivity index (χ0) is 16.9. The van der Waals surface area contributed by atoms with E-state index >= 15 is 0 Å². The summed E-state index contributed by atoms with van der Waals surface area (Å²) in [5.41, 5.74) is 1.23. The van der Waals surface area contributed by atoms with Gasteiger partial charge >= 0.3 is 0 Å². The quantitative estimate of drug-likeness (QED) is 0.913. The highest BCUT2D eigenvalue weighted by Crippen LogP contribution is 2.23. The van der Waals surface area contributed by atoms with Gasteiger partial charge in [0.1, 0.15) is 17.1 Å². The number of hydrogen-bond acceptors (Lipinski definition) is 3. The lowest BCUT2D eigenvalue weighted by atomic mass is 10.1. The lowest BCUT2D eigenvalue weighted by Gasteiger charge is -2.23. The first-order valence-electron chi connectivity index (χ1n) is 7.58. The Kier molecular flexibility index (Phi) is 5.27. The van der Waals surface area contributed by atoms with Crippen LogP contribution >= 0.6 is 0 Å². The van der Waals surface area contributed by atoms with Gasteiger partial charge in [-0.2, -0.15) is 0 Å². The maximum Gasteiger partial charge on any atom is 0.251 e. The molecule has 0 heterocycles. The van der Waals surface area contributed by atoms with E-state index in [9.17, 15) is 4.79 Å². The number of carbonyl (C=O) groups excluding carboxylic acids is 1. The second-order valence-electron chi connectivity index (χ2n) is 6.24. The van der Waals surface area contributed by atoms with Gasteiger partial charge in [0.15, 0.2) is 0 Å². The molecule has 0 unspecified atom stereocenters. The molecule has 0 aliphatic rings. The second-order valence-corrected chi connectivity index (χ2v) is 6.24. The highest BCUT2D eigenvalue weighted by Gasteiger charge is 2.15. The summed E-state index contributed by atoms with van der Waals surface area (Å²) in [6, 6.07) is 14.8. The fourth-order valence-corrected chi connectivity index (χ4v) is 2.12. The van der Waals surface area contributed by atoms with Crippen molar-refractivity contribution in [3.8, 4) is 11.5 Å². The minimum Gasteiger partial charge on any atom is -0.497 e. The van der Waals surface area contributed by atoms with E-state index in [0.717, 1.165) is 11.3 Å². The Morgan fingerprint density at radius 3 is 2.52 bits per heavy atom. The highest BCUT2D eigenvalue weighted by molar-refractivity contribution is 5.94. The van der Waals surface area contributed by atoms with E-state index in [1.807, 2.05) is 51.1 Å². The molecule has 0 aliphatic heterocycles. The van der Waals surface area contributed by atoms with Crippen molar-refractivity contribution in [3.05, 3.63) is 59.7 Å². The van der Waals surface area contributed by atoms with Gasteiger partial charge in [0.2, 0.25) is 0 Å². The zero-order valence-corrected chi connectivity index (χ0v) is 14.1. The Hall–Kier alpha value is -2.49. The SMILES string of the molecule is COc1cccc(C(=O)NCc2ccccc2OC(C)(C)C)c1. The van der Waals surface area contributed by atoms with Crippen molar-refractivity contribution in [1.29, 1.82) is 0 Å². The van der Waals surface area contributed by atoms with Gasteiger partial charge in [0.25, 0.3) is 5.91 Å². The van der Waals surface area contributed by atoms with Crippen molar-refractivity contribution >= 4 is 5.91 Å². The lowest BCUT2D eigenvalue weighted by molar-refractivity contribution is 0.0949. The normalized spacial score (nSPS) is 11.0. The largest absolute Gasteiger partial charge is 0.497 e. The number of ether oxygens (including phenoxy) is 2. The Balaban J connectivity index is 2.07. The Bertz CT molecular complexity index is 674. The minimum atomic E-state index is -0.285. The van der Waals surface area contributed by atoms with Crippen LogP contribution in [0.4, 0.5) is 0 Å². The third-order valence-electron chi connectivity index (χ3n) is 3.16. The minimum absolute atomic E-state index is 0.144. The van der Waals surface area contributed by atoms with Gasteiger partial charge in [-0.3, -0.25) is 4.79 Å². The molecule has 2 rings (SSSR count). The summed E-state index contributed by atoms with van der Waals surface area (Å²) < 4.78 is 11.1. The number of benzene rings is 2. The van der Waals surface area contributed by atoms with Crippen LogP contribution in [0.3, 0.4) is 0 Å². The summed E-state index contributed by atoms with van der Waals surface area (Å²) in [5.74, 6) is 1.30. The lowest BCUT2D eigenvalue weighted by Crippen LogP contribution is -2.26. The predicted molar refractivity (Wildman–Crippen MR) is 91.0 cm³/mol. The van der Waals surface area contributed by atoms with E-state index in [1.54, 1.807) is 25.3 Å². The molecule has 0 atom stereocenters. The van der Waals surface area contributed by atoms with E-state index < -0.39 is 0 Å². The van der Waals surface area contributed by atoms with Gasteiger partial charge in [-0.25, -0.2) is 0 Å². The van der Waals surface area contributed by atoms with Gasteiger partial charge in [0.05, 0.1) is 7.11 Å². The zero-order valence-electron chi connectivity index (χ0n) is 14.1. The molecule has 2 aromatic rings. The third-order valence-corrected chi connectivity index (χ3v) is 3.16. The molecule has 1 amide bonds. The second kappa shape index (κ2) is 7.18. The van der Waals surface area contributed by atoms with E-state index in [2.05, 4.69) is 5.32 Å². The van der Waals surface area contributed by atoms with Crippen LogP contribution in [0.5, 0.6) is 11.5 Å². The van der Waals surface area contributed by atoms with Gasteiger partial charge < -0.3 is 14.8 Å². The summed E-state index contributed by atoms with van der Waals surface area (Å²) in [6.07, 6.45) is 0. The van der Waals surface area contributed by atoms with Crippen LogP contribution in [0.15, 0.2) is 48.5 Å². The van der Waals surface area contributed by atoms with Crippen LogP contribution in [-0.2, 0) is 6.54 Å². The van der Waals surface area contributed by atoms with Gasteiger partial charge in [0, 0.05) is 17.7 Å². The van der Waals surface area contributed by atoms with E-state index in [-0.39, 0.29) is 11.5 Å². The maximum absolute atomic E-state index is 12.3. The Morgan fingerprint density at radius 1 is 1.09 bits per heavy atom. The van der Waals surface area contributed by atoms with E-state index in [0.29, 0.717) is 17.9 Å². The summed E-state index contributed by atoms with van der Waals surface area (Å²) in [7, 11) is 1.58. The molecule has 0 saturated carbocycles. The molecule has 0 spiro atoms. The smallest absolute Gasteiger partial charge is 0.251 e. The van der Waals surface area contributed by atoms with Crippen molar-refractivity contribution < 1.29 is 14.3 Å². The summed E-state index contributed by atoms with van der Waals surface area (Å²) >= 11 is 0. The molecule has 1 N–H and O–H groups in total. The number of hydrogen-bond donors (Lipinski definition) is 1. The van der Waals surface area contributed by atoms with Gasteiger partial charge in [-0.15, -0.1) is 0 Å². The molecular weight excluding hydrogens is 290 g/mol. The van der Waals surface area contributed by atoms with Crippen LogP contribution in [0.2, 0.25) is 0 Å². The van der Waals surface area contributed by atoms with Crippen LogP contribution < -0.4 is 14.8 Å². The fourth-order valence-electron chi connectivity index (χ4n) is 2.12. The van der Waals surface area contributed by atoms with Crippen molar-refractivity contribution in [2.75, 3.05) is 7.11 Å². The first-order valence-corrected chi connectivity index (χ1v) is 7.58. The monoisotopic (exact) mass is 313 g/mol. The van der Waals surface area contributed by atoms with E-state index in [1.165, 1.54) is 0 Å². The molecule has 0 saturated heterocycles. The molecule has 0 fully saturated rings. The first kappa shape index (κ1) is 16.9. The van der Waals surface area contributed by atoms with Crippen molar-refractivity contribution in [2.45, 2.75) is 32.9 Å². The standard InChI is InChI=1S/C19H23NO3/c1-19(2,3)23-17-11-6-5-8-15(17)13-20-18(21)14-9-7-10-16(12-14)22-4/h5-12H,13H2,1-4H3,(H,20,21). The molecule has 0 radical (unpaired) electrons. The number of carbonyl (C=O) groups is 1. The third kappa shape index (κ3) is 5.02. The number of rotatable bonds is 5. The number of methoxy groups -OCH3 is 1. The topological polar surface area (TPSA) is 47.6 Å². The van der Waals surface area contributed by atoms with Crippen molar-refractivity contribution in [2.24, 2.45) is 0 Å². The van der Waals surface area contributed by atoms with Gasteiger partial charge in [-0.1, -0.05) is 24.3 Å². The van der Waals surface area contributed by atoms with Crippen LogP contribution in [0.1, 0.15) is 36.7 Å². The first-order chi connectivity index (χ1) is 10.9. The molecule has 23 heavy (non-hydrogen) atoms. The molecule has 0 bridgehead atoms. The number of amides is 1. The highest BCUT2D eigenvalue weighted by atomic mass is 16.5. The molecule has 4 heteroatoms. The van der Waals surface area contributed by atoms with Crippen molar-refractivity contribution in [1.82, 2.24) is 5.32 Å². The van der Waals surface area contributed by atoms with Crippen LogP contribution in [0, 0.1) is 0 Å². The fraction of sp³-hybridized carbons (Fsp3) is 0.316. The summed E-state index contributed by atoms with van der Waals surface area (Å²) in [6.45, 7) is 6.40. The van der Waals surface area contributed by atoms with E-state index in [4.69, 9.17) is 9.47 Å². The van der Waals surface area contributed by atoms with Crippen LogP contribution in [-0.4, -0.2) is 18.6 Å². The molecule has 0 aliphatic carbocycles. The van der Waals surface area contributed by atoms with Crippen molar-refractivity contribution in [3.63, 3.8) is 0 Å². The number of para-hydroxylation sites is 1. The Labute approximate surface area is 137 Å². The maximum atomic E-state index is 12.3. The average molecular weight is 313 g/mol. The van der Waals surface area contributed by atoms with Gasteiger partial charge in [-0.05, 0) is 45.0 Å².